The number of benzene rings is 1. The maximum atomic E-state index is 12.4. The van der Waals surface area contributed by atoms with Crippen LogP contribution >= 0.6 is 0 Å². The van der Waals surface area contributed by atoms with Gasteiger partial charge >= 0.3 is 5.97 Å². The summed E-state index contributed by atoms with van der Waals surface area (Å²) < 4.78 is 5.12. The van der Waals surface area contributed by atoms with Crippen molar-refractivity contribution in [1.29, 1.82) is 0 Å². The van der Waals surface area contributed by atoms with E-state index in [0.717, 1.165) is 19.3 Å². The molecule has 0 saturated carbocycles. The fourth-order valence-corrected chi connectivity index (χ4v) is 3.64. The summed E-state index contributed by atoms with van der Waals surface area (Å²) in [6.07, 6.45) is 12.7. The number of rotatable bonds is 14. The summed E-state index contributed by atoms with van der Waals surface area (Å²) in [5.41, 5.74) is 0.911. The van der Waals surface area contributed by atoms with E-state index in [-0.39, 0.29) is 12.2 Å². The number of carbonyl (C=O) groups excluding carboxylic acids is 1. The first-order valence-electron chi connectivity index (χ1n) is 10.9. The minimum Gasteiger partial charge on any atom is -0.504 e. The minimum atomic E-state index is -0.563. The van der Waals surface area contributed by atoms with Crippen LogP contribution in [0.3, 0.4) is 0 Å². The predicted octanol–water partition coefficient (Wildman–Crippen LogP) is 6.01. The summed E-state index contributed by atoms with van der Waals surface area (Å²) in [4.78, 5) is 12.4. The van der Waals surface area contributed by atoms with Crippen LogP contribution in [0, 0.1) is 0 Å². The molecule has 0 bridgehead atoms. The lowest BCUT2D eigenvalue weighted by Gasteiger charge is -2.17. The van der Waals surface area contributed by atoms with Crippen molar-refractivity contribution in [2.75, 3.05) is 6.61 Å². The average Bonchev–Trinajstić information content (AvgIpc) is 2.68. The van der Waals surface area contributed by atoms with Gasteiger partial charge in [0, 0.05) is 11.1 Å². The van der Waals surface area contributed by atoms with Gasteiger partial charge in [-0.15, -0.1) is 0 Å². The van der Waals surface area contributed by atoms with Crippen LogP contribution in [0.15, 0.2) is 0 Å². The quantitative estimate of drug-likeness (QED) is 0.204. The summed E-state index contributed by atoms with van der Waals surface area (Å²) in [6, 6.07) is 0. The van der Waals surface area contributed by atoms with E-state index in [1.54, 1.807) is 13.8 Å². The highest BCUT2D eigenvalue weighted by molar-refractivity contribution is 5.95. The first kappa shape index (κ1) is 24.1. The number of carbonyl (C=O) groups is 1. The van der Waals surface area contributed by atoms with E-state index in [4.69, 9.17) is 4.74 Å². The Morgan fingerprint density at radius 1 is 0.714 bits per heavy atom. The zero-order chi connectivity index (χ0) is 20.9. The lowest BCUT2D eigenvalue weighted by atomic mass is 9.92. The van der Waals surface area contributed by atoms with Crippen LogP contribution in [0.5, 0.6) is 17.2 Å². The topological polar surface area (TPSA) is 87.0 Å². The fourth-order valence-electron chi connectivity index (χ4n) is 3.64. The molecule has 1 rings (SSSR count). The van der Waals surface area contributed by atoms with Gasteiger partial charge in [-0.2, -0.15) is 0 Å². The van der Waals surface area contributed by atoms with Crippen LogP contribution in [0.2, 0.25) is 0 Å². The van der Waals surface area contributed by atoms with Gasteiger partial charge in [0.15, 0.2) is 11.5 Å². The van der Waals surface area contributed by atoms with Crippen LogP contribution in [-0.2, 0) is 17.6 Å². The van der Waals surface area contributed by atoms with Crippen molar-refractivity contribution in [2.24, 2.45) is 0 Å². The van der Waals surface area contributed by atoms with Gasteiger partial charge < -0.3 is 20.1 Å². The molecule has 0 aliphatic heterocycles. The Bertz CT molecular complexity index is 610. The molecule has 0 amide bonds. The Kier molecular flexibility index (Phi) is 11.5. The normalized spacial score (nSPS) is 11.0. The molecule has 0 heterocycles. The molecule has 0 fully saturated rings. The SMILES string of the molecule is CCCCCCCCCCCCc1c(O)c(O)c(O)c(CC)c1C(=O)OCC. The molecule has 1 aromatic rings. The van der Waals surface area contributed by atoms with Crippen LogP contribution in [0.1, 0.15) is 106 Å². The van der Waals surface area contributed by atoms with Crippen molar-refractivity contribution in [3.8, 4) is 17.2 Å². The molecule has 5 heteroatoms. The van der Waals surface area contributed by atoms with Gasteiger partial charge in [-0.3, -0.25) is 0 Å². The van der Waals surface area contributed by atoms with Crippen molar-refractivity contribution in [3.05, 3.63) is 16.7 Å². The lowest BCUT2D eigenvalue weighted by molar-refractivity contribution is 0.0522. The first-order valence-corrected chi connectivity index (χ1v) is 10.9. The number of hydrogen-bond acceptors (Lipinski definition) is 5. The highest BCUT2D eigenvalue weighted by Gasteiger charge is 2.27. The van der Waals surface area contributed by atoms with E-state index in [0.29, 0.717) is 24.0 Å². The van der Waals surface area contributed by atoms with E-state index in [1.807, 2.05) is 0 Å². The second-order valence-corrected chi connectivity index (χ2v) is 7.38. The molecule has 0 aromatic heterocycles. The van der Waals surface area contributed by atoms with E-state index in [1.165, 1.54) is 44.9 Å². The molecule has 1 aromatic carbocycles. The molecule has 0 saturated heterocycles. The van der Waals surface area contributed by atoms with Crippen LogP contribution in [0.25, 0.3) is 0 Å². The van der Waals surface area contributed by atoms with Gasteiger partial charge in [-0.1, -0.05) is 71.6 Å². The summed E-state index contributed by atoms with van der Waals surface area (Å²) in [5, 5.41) is 30.5. The fraction of sp³-hybridized carbons (Fsp3) is 0.696. The molecule has 0 aliphatic carbocycles. The third-order valence-corrected chi connectivity index (χ3v) is 5.24. The third kappa shape index (κ3) is 6.92. The highest BCUT2D eigenvalue weighted by atomic mass is 16.5. The van der Waals surface area contributed by atoms with Crippen molar-refractivity contribution in [1.82, 2.24) is 0 Å². The molecule has 0 radical (unpaired) electrons. The molecule has 5 nitrogen and oxygen atoms in total. The van der Waals surface area contributed by atoms with Gasteiger partial charge in [-0.25, -0.2) is 4.79 Å². The van der Waals surface area contributed by atoms with E-state index >= 15 is 0 Å². The van der Waals surface area contributed by atoms with Gasteiger partial charge in [0.05, 0.1) is 12.2 Å². The van der Waals surface area contributed by atoms with Crippen LogP contribution < -0.4 is 0 Å². The number of esters is 1. The Morgan fingerprint density at radius 2 is 1.21 bits per heavy atom. The molecule has 28 heavy (non-hydrogen) atoms. The Labute approximate surface area is 169 Å². The summed E-state index contributed by atoms with van der Waals surface area (Å²) >= 11 is 0. The zero-order valence-electron chi connectivity index (χ0n) is 17.9. The average molecular weight is 395 g/mol. The predicted molar refractivity (Wildman–Crippen MR) is 112 cm³/mol. The van der Waals surface area contributed by atoms with Gasteiger partial charge in [0.1, 0.15) is 0 Å². The second kappa shape index (κ2) is 13.3. The van der Waals surface area contributed by atoms with Crippen molar-refractivity contribution < 1.29 is 24.9 Å². The molecule has 0 aliphatic rings. The number of unbranched alkanes of at least 4 members (excludes halogenated alkanes) is 9. The summed E-state index contributed by atoms with van der Waals surface area (Å²) in [6.45, 7) is 5.94. The van der Waals surface area contributed by atoms with Crippen LogP contribution in [-0.4, -0.2) is 27.9 Å². The first-order chi connectivity index (χ1) is 13.5. The molecule has 0 atom stereocenters. The Morgan fingerprint density at radius 3 is 1.71 bits per heavy atom. The van der Waals surface area contributed by atoms with E-state index in [9.17, 15) is 20.1 Å². The Balaban J connectivity index is 2.66. The number of phenolic OH excluding ortho intramolecular Hbond substituents is 3. The van der Waals surface area contributed by atoms with Crippen LogP contribution in [0.4, 0.5) is 0 Å². The van der Waals surface area contributed by atoms with E-state index in [2.05, 4.69) is 6.92 Å². The zero-order valence-corrected chi connectivity index (χ0v) is 17.9. The van der Waals surface area contributed by atoms with E-state index < -0.39 is 23.2 Å². The minimum absolute atomic E-state index is 0.202. The van der Waals surface area contributed by atoms with Gasteiger partial charge in [0.25, 0.3) is 0 Å². The maximum Gasteiger partial charge on any atom is 0.338 e. The maximum absolute atomic E-state index is 12.4. The van der Waals surface area contributed by atoms with Gasteiger partial charge in [-0.05, 0) is 26.2 Å². The number of aromatic hydroxyl groups is 3. The number of hydrogen-bond donors (Lipinski definition) is 3. The molecular weight excluding hydrogens is 356 g/mol. The van der Waals surface area contributed by atoms with Crippen molar-refractivity contribution >= 4 is 5.97 Å². The molecule has 160 valence electrons. The molecule has 0 spiro atoms. The van der Waals surface area contributed by atoms with Crippen molar-refractivity contribution in [3.63, 3.8) is 0 Å². The third-order valence-electron chi connectivity index (χ3n) is 5.24. The summed E-state index contributed by atoms with van der Waals surface area (Å²) in [7, 11) is 0. The smallest absolute Gasteiger partial charge is 0.338 e. The second-order valence-electron chi connectivity index (χ2n) is 7.38. The molecule has 0 unspecified atom stereocenters. The standard InChI is InChI=1S/C23H38O5/c1-4-7-8-9-10-11-12-13-14-15-16-18-19(23(27)28-6-3)17(5-2)20(24)22(26)21(18)25/h24-26H,4-16H2,1-3H3. The molecule has 3 N–H and O–H groups in total. The Hall–Kier alpha value is -1.91. The number of phenols is 3. The largest absolute Gasteiger partial charge is 0.504 e. The molecular formula is C23H38O5. The van der Waals surface area contributed by atoms with Crippen molar-refractivity contribution in [2.45, 2.75) is 97.8 Å². The summed E-state index contributed by atoms with van der Waals surface area (Å²) in [5.74, 6) is -1.96. The monoisotopic (exact) mass is 394 g/mol. The lowest BCUT2D eigenvalue weighted by Crippen LogP contribution is -2.12. The highest BCUT2D eigenvalue weighted by Crippen LogP contribution is 2.44. The number of ether oxygens (including phenoxy) is 1. The van der Waals surface area contributed by atoms with Gasteiger partial charge in [0.2, 0.25) is 5.75 Å².